The number of para-hydroxylation sites is 2. The molecule has 0 radical (unpaired) electrons. The van der Waals surface area contributed by atoms with Crippen LogP contribution in [0.2, 0.25) is 0 Å². The van der Waals surface area contributed by atoms with Crippen LogP contribution in [0.5, 0.6) is 0 Å². The molecule has 0 aliphatic carbocycles. The normalized spacial score (nSPS) is 19.8. The van der Waals surface area contributed by atoms with E-state index in [-0.39, 0.29) is 25.5 Å². The summed E-state index contributed by atoms with van der Waals surface area (Å²) in [5.74, 6) is -0.228. The van der Waals surface area contributed by atoms with Gasteiger partial charge in [-0.2, -0.15) is 0 Å². The first kappa shape index (κ1) is 29.8. The molecule has 46 heavy (non-hydrogen) atoms. The molecule has 0 unspecified atom stereocenters. The minimum atomic E-state index is -1.05. The Hall–Kier alpha value is -4.93. The SMILES string of the molecule is CNC(=O)[C@H]1C[C@]2(c3c(Br)c4ccccc4n3C(=O)OCc3ccccc3)c3ccccc3N(C(=O)OCc3ccccc3)[C@@H]2N1. The van der Waals surface area contributed by atoms with E-state index in [0.717, 1.165) is 22.1 Å². The van der Waals surface area contributed by atoms with Gasteiger partial charge in [0.15, 0.2) is 0 Å². The lowest BCUT2D eigenvalue weighted by molar-refractivity contribution is -0.122. The summed E-state index contributed by atoms with van der Waals surface area (Å²) in [7, 11) is 1.58. The molecule has 4 aromatic carbocycles. The van der Waals surface area contributed by atoms with E-state index in [0.29, 0.717) is 21.4 Å². The number of ether oxygens (including phenoxy) is 2. The number of hydrogen-bond donors (Lipinski definition) is 2. The summed E-state index contributed by atoms with van der Waals surface area (Å²) in [5, 5.41) is 6.99. The maximum atomic E-state index is 14.2. The second kappa shape index (κ2) is 12.1. The van der Waals surface area contributed by atoms with Gasteiger partial charge in [-0.25, -0.2) is 14.2 Å². The number of hydrogen-bond acceptors (Lipinski definition) is 6. The number of nitrogens with zero attached hydrogens (tertiary/aromatic N) is 2. The van der Waals surface area contributed by atoms with Gasteiger partial charge in [0.1, 0.15) is 19.4 Å². The van der Waals surface area contributed by atoms with Gasteiger partial charge < -0.3 is 14.8 Å². The van der Waals surface area contributed by atoms with Crippen LogP contribution in [-0.2, 0) is 32.9 Å². The molecular weight excluding hydrogens is 648 g/mol. The lowest BCUT2D eigenvalue weighted by Gasteiger charge is -2.33. The van der Waals surface area contributed by atoms with E-state index >= 15 is 0 Å². The summed E-state index contributed by atoms with van der Waals surface area (Å²) in [6.07, 6.45) is -1.65. The van der Waals surface area contributed by atoms with E-state index in [1.165, 1.54) is 0 Å². The van der Waals surface area contributed by atoms with Crippen LogP contribution < -0.4 is 15.5 Å². The largest absolute Gasteiger partial charge is 0.444 e. The van der Waals surface area contributed by atoms with Gasteiger partial charge in [-0.3, -0.25) is 15.0 Å². The van der Waals surface area contributed by atoms with Crippen LogP contribution in [-0.4, -0.2) is 41.9 Å². The molecule has 232 valence electrons. The third kappa shape index (κ3) is 4.85. The molecule has 3 atom stereocenters. The molecule has 2 aliphatic heterocycles. The molecule has 0 bridgehead atoms. The standard InChI is InChI=1S/C36H31BrN4O5/c1-38-32(42)27-20-36(26-17-9-11-19-29(26)41(33(36)39-27)35(44)46-22-24-14-6-3-7-15-24)31-30(37)25-16-8-10-18-28(25)40(31)34(43)45-21-23-12-4-2-5-13-23/h2-19,27,33,39H,20-22H2,1H3,(H,38,42)/t27-,33+,36-/m1/s1. The second-order valence-corrected chi connectivity index (χ2v) is 12.2. The maximum absolute atomic E-state index is 14.2. The fourth-order valence-electron chi connectivity index (χ4n) is 6.84. The molecule has 2 aliphatic rings. The average Bonchev–Trinajstić information content (AvgIpc) is 3.72. The summed E-state index contributed by atoms with van der Waals surface area (Å²) in [4.78, 5) is 43.0. The molecule has 1 aromatic heterocycles. The van der Waals surface area contributed by atoms with Crippen molar-refractivity contribution in [2.24, 2.45) is 0 Å². The smallest absolute Gasteiger partial charge is 0.419 e. The Bertz CT molecular complexity index is 1950. The molecule has 0 spiro atoms. The van der Waals surface area contributed by atoms with Crippen LogP contribution in [0.3, 0.4) is 0 Å². The Morgan fingerprint density at radius 2 is 1.41 bits per heavy atom. The molecule has 3 heterocycles. The van der Waals surface area contributed by atoms with Crippen LogP contribution in [0, 0.1) is 0 Å². The van der Waals surface area contributed by atoms with Crippen LogP contribution in [0.4, 0.5) is 15.3 Å². The van der Waals surface area contributed by atoms with Gasteiger partial charge in [-0.05, 0) is 51.2 Å². The molecule has 0 saturated carbocycles. The lowest BCUT2D eigenvalue weighted by atomic mass is 9.75. The number of rotatable bonds is 6. The van der Waals surface area contributed by atoms with Crippen LogP contribution in [0.25, 0.3) is 10.9 Å². The van der Waals surface area contributed by atoms with E-state index in [9.17, 15) is 14.4 Å². The van der Waals surface area contributed by atoms with Gasteiger partial charge in [-0.15, -0.1) is 0 Å². The van der Waals surface area contributed by atoms with Gasteiger partial charge in [-0.1, -0.05) is 97.1 Å². The highest BCUT2D eigenvalue weighted by atomic mass is 79.9. The first-order valence-corrected chi connectivity index (χ1v) is 15.8. The minimum Gasteiger partial charge on any atom is -0.444 e. The van der Waals surface area contributed by atoms with Crippen molar-refractivity contribution >= 4 is 50.6 Å². The summed E-state index contributed by atoms with van der Waals surface area (Å²) in [5.41, 5.74) is 3.29. The molecule has 9 nitrogen and oxygen atoms in total. The number of halogens is 1. The van der Waals surface area contributed by atoms with Gasteiger partial charge in [0.05, 0.1) is 28.4 Å². The van der Waals surface area contributed by atoms with Crippen LogP contribution >= 0.6 is 15.9 Å². The van der Waals surface area contributed by atoms with Gasteiger partial charge in [0.25, 0.3) is 0 Å². The van der Waals surface area contributed by atoms with Crippen LogP contribution in [0.1, 0.15) is 28.8 Å². The number of nitrogens with one attached hydrogen (secondary N) is 2. The zero-order valence-electron chi connectivity index (χ0n) is 25.0. The fourth-order valence-corrected chi connectivity index (χ4v) is 7.70. The molecule has 1 fully saturated rings. The minimum absolute atomic E-state index is 0.0761. The Labute approximate surface area is 274 Å². The molecule has 5 aromatic rings. The molecule has 2 amide bonds. The zero-order valence-corrected chi connectivity index (χ0v) is 26.6. The number of carbonyl (C=O) groups is 3. The number of fused-ring (bicyclic) bond motifs is 4. The van der Waals surface area contributed by atoms with E-state index in [1.54, 1.807) is 16.5 Å². The predicted molar refractivity (Wildman–Crippen MR) is 177 cm³/mol. The Kier molecular flexibility index (Phi) is 7.84. The number of benzene rings is 4. The number of carbonyl (C=O) groups excluding carboxylic acids is 3. The summed E-state index contributed by atoms with van der Waals surface area (Å²) < 4.78 is 14.1. The van der Waals surface area contributed by atoms with Crippen molar-refractivity contribution in [2.75, 3.05) is 11.9 Å². The molecular formula is C36H31BrN4O5. The molecule has 10 heteroatoms. The Balaban J connectivity index is 1.39. The van der Waals surface area contributed by atoms with Crippen molar-refractivity contribution in [1.82, 2.24) is 15.2 Å². The average molecular weight is 680 g/mol. The van der Waals surface area contributed by atoms with Crippen LogP contribution in [0.15, 0.2) is 114 Å². The third-order valence-corrected chi connectivity index (χ3v) is 9.65. The Morgan fingerprint density at radius 1 is 0.826 bits per heavy atom. The quantitative estimate of drug-likeness (QED) is 0.214. The van der Waals surface area contributed by atoms with E-state index < -0.39 is 29.8 Å². The third-order valence-electron chi connectivity index (χ3n) is 8.84. The number of likely N-dealkylation sites (N-methyl/N-ethyl adjacent to an activating group) is 1. The summed E-state index contributed by atoms with van der Waals surface area (Å²) in [6.45, 7) is 0.153. The van der Waals surface area contributed by atoms with E-state index in [2.05, 4.69) is 26.6 Å². The van der Waals surface area contributed by atoms with Crippen molar-refractivity contribution in [2.45, 2.75) is 37.3 Å². The summed E-state index contributed by atoms with van der Waals surface area (Å²) >= 11 is 3.86. The summed E-state index contributed by atoms with van der Waals surface area (Å²) in [6, 6.07) is 33.4. The van der Waals surface area contributed by atoms with Gasteiger partial charge in [0.2, 0.25) is 5.91 Å². The predicted octanol–water partition coefficient (Wildman–Crippen LogP) is 6.47. The topological polar surface area (TPSA) is 102 Å². The fraction of sp³-hybridized carbons (Fsp3) is 0.194. The lowest BCUT2D eigenvalue weighted by Crippen LogP contribution is -2.53. The number of anilines is 1. The second-order valence-electron chi connectivity index (χ2n) is 11.4. The Morgan fingerprint density at radius 3 is 2.09 bits per heavy atom. The van der Waals surface area contributed by atoms with Gasteiger partial charge in [0, 0.05) is 16.9 Å². The molecule has 2 N–H and O–H groups in total. The van der Waals surface area contributed by atoms with Crippen molar-refractivity contribution < 1.29 is 23.9 Å². The monoisotopic (exact) mass is 678 g/mol. The highest BCUT2D eigenvalue weighted by Crippen LogP contribution is 2.57. The number of aromatic nitrogens is 1. The van der Waals surface area contributed by atoms with Crippen molar-refractivity contribution in [3.63, 3.8) is 0 Å². The molecule has 1 saturated heterocycles. The van der Waals surface area contributed by atoms with Gasteiger partial charge >= 0.3 is 12.2 Å². The highest BCUT2D eigenvalue weighted by Gasteiger charge is 2.63. The molecule has 7 rings (SSSR count). The first-order valence-electron chi connectivity index (χ1n) is 15.0. The highest BCUT2D eigenvalue weighted by molar-refractivity contribution is 9.10. The zero-order chi connectivity index (χ0) is 31.8. The van der Waals surface area contributed by atoms with Crippen molar-refractivity contribution in [1.29, 1.82) is 0 Å². The van der Waals surface area contributed by atoms with Crippen molar-refractivity contribution in [3.05, 3.63) is 136 Å². The number of amides is 2. The maximum Gasteiger partial charge on any atom is 0.419 e. The van der Waals surface area contributed by atoms with E-state index in [4.69, 9.17) is 9.47 Å². The van der Waals surface area contributed by atoms with E-state index in [1.807, 2.05) is 109 Å². The van der Waals surface area contributed by atoms with Crippen molar-refractivity contribution in [3.8, 4) is 0 Å². The first-order chi connectivity index (χ1) is 22.4.